The van der Waals surface area contributed by atoms with Crippen LogP contribution < -0.4 is 19.5 Å². The average molecular weight is 443 g/mol. The van der Waals surface area contributed by atoms with Gasteiger partial charge in [0.15, 0.2) is 11.5 Å². The first kappa shape index (κ1) is 20.2. The summed E-state index contributed by atoms with van der Waals surface area (Å²) in [6, 6.07) is 10.0. The third kappa shape index (κ3) is 4.96. The van der Waals surface area contributed by atoms with Gasteiger partial charge < -0.3 is 14.8 Å². The number of anilines is 1. The van der Waals surface area contributed by atoms with Gasteiger partial charge in [0.1, 0.15) is 0 Å². The number of carbonyl (C=O) groups is 1. The second kappa shape index (κ2) is 8.52. The Labute approximate surface area is 160 Å². The van der Waals surface area contributed by atoms with Gasteiger partial charge in [0, 0.05) is 16.2 Å². The molecule has 0 saturated carbocycles. The Kier molecular flexibility index (Phi) is 6.63. The summed E-state index contributed by atoms with van der Waals surface area (Å²) in [7, 11) is -0.820. The van der Waals surface area contributed by atoms with Gasteiger partial charge in [-0.05, 0) is 43.3 Å². The number of benzene rings is 2. The van der Waals surface area contributed by atoms with Crippen molar-refractivity contribution in [2.75, 3.05) is 19.5 Å². The second-order valence-corrected chi connectivity index (χ2v) is 7.99. The maximum atomic E-state index is 12.4. The number of carbonyl (C=O) groups excluding carboxylic acids is 1. The first-order valence-corrected chi connectivity index (χ1v) is 9.85. The summed E-state index contributed by atoms with van der Waals surface area (Å²) >= 11 is 3.25. The van der Waals surface area contributed by atoms with Gasteiger partial charge in [-0.25, -0.2) is 8.42 Å². The van der Waals surface area contributed by atoms with Gasteiger partial charge in [0.25, 0.3) is 0 Å². The lowest BCUT2D eigenvalue weighted by molar-refractivity contribution is -0.117. The van der Waals surface area contributed by atoms with Gasteiger partial charge in [-0.3, -0.25) is 4.79 Å². The predicted molar refractivity (Wildman–Crippen MR) is 102 cm³/mol. The molecule has 2 N–H and O–H groups in total. The van der Waals surface area contributed by atoms with Gasteiger partial charge in [0.05, 0.1) is 25.2 Å². The van der Waals surface area contributed by atoms with E-state index in [1.165, 1.54) is 33.3 Å². The summed E-state index contributed by atoms with van der Waals surface area (Å²) in [4.78, 5) is 12.4. The van der Waals surface area contributed by atoms with Crippen LogP contribution in [-0.2, 0) is 14.8 Å². The van der Waals surface area contributed by atoms with Crippen molar-refractivity contribution in [1.29, 1.82) is 0 Å². The van der Waals surface area contributed by atoms with Gasteiger partial charge in [-0.15, -0.1) is 0 Å². The van der Waals surface area contributed by atoms with Crippen LogP contribution in [0.3, 0.4) is 0 Å². The normalized spacial score (nSPS) is 12.3. The highest BCUT2D eigenvalue weighted by Gasteiger charge is 2.22. The van der Waals surface area contributed by atoms with Crippen LogP contribution in [0.15, 0.2) is 51.8 Å². The molecule has 0 bridgehead atoms. The molecule has 140 valence electrons. The predicted octanol–water partition coefficient (Wildman–Crippen LogP) is 2.77. The van der Waals surface area contributed by atoms with E-state index in [-0.39, 0.29) is 4.90 Å². The highest BCUT2D eigenvalue weighted by atomic mass is 79.9. The molecule has 26 heavy (non-hydrogen) atoms. The van der Waals surface area contributed by atoms with Crippen molar-refractivity contribution in [1.82, 2.24) is 4.72 Å². The van der Waals surface area contributed by atoms with Gasteiger partial charge >= 0.3 is 0 Å². The van der Waals surface area contributed by atoms with E-state index in [0.717, 1.165) is 4.47 Å². The standard InChI is InChI=1S/C17H19BrN2O5S/c1-11(20-26(22,23)14-7-4-12(18)5-8-14)17(21)19-13-6-9-15(24-2)16(10-13)25-3/h4-11,20H,1-3H3,(H,19,21). The molecule has 0 heterocycles. The fourth-order valence-electron chi connectivity index (χ4n) is 2.13. The SMILES string of the molecule is COc1ccc(NC(=O)C(C)NS(=O)(=O)c2ccc(Br)cc2)cc1OC. The highest BCUT2D eigenvalue weighted by Crippen LogP contribution is 2.29. The molecule has 0 spiro atoms. The van der Waals surface area contributed by atoms with E-state index in [0.29, 0.717) is 17.2 Å². The minimum absolute atomic E-state index is 0.0754. The number of amides is 1. The quantitative estimate of drug-likeness (QED) is 0.687. The molecular formula is C17H19BrN2O5S. The molecule has 0 aromatic heterocycles. The first-order valence-electron chi connectivity index (χ1n) is 7.57. The first-order chi connectivity index (χ1) is 12.3. The molecule has 0 aliphatic heterocycles. The summed E-state index contributed by atoms with van der Waals surface area (Å²) < 4.78 is 38.1. The van der Waals surface area contributed by atoms with Crippen molar-refractivity contribution < 1.29 is 22.7 Å². The second-order valence-electron chi connectivity index (χ2n) is 5.36. The molecule has 7 nitrogen and oxygen atoms in total. The maximum Gasteiger partial charge on any atom is 0.242 e. The lowest BCUT2D eigenvalue weighted by Crippen LogP contribution is -2.41. The number of nitrogens with one attached hydrogen (secondary N) is 2. The van der Waals surface area contributed by atoms with Crippen LogP contribution in [0.1, 0.15) is 6.92 Å². The van der Waals surface area contributed by atoms with Crippen LogP contribution in [0.25, 0.3) is 0 Å². The van der Waals surface area contributed by atoms with E-state index >= 15 is 0 Å². The number of rotatable bonds is 7. The Morgan fingerprint density at radius 3 is 2.23 bits per heavy atom. The third-order valence-electron chi connectivity index (χ3n) is 3.50. The molecule has 2 aromatic carbocycles. The van der Waals surface area contributed by atoms with Crippen LogP contribution in [0.2, 0.25) is 0 Å². The van der Waals surface area contributed by atoms with Crippen molar-refractivity contribution in [3.63, 3.8) is 0 Å². The van der Waals surface area contributed by atoms with Crippen molar-refractivity contribution >= 4 is 37.5 Å². The lowest BCUT2D eigenvalue weighted by atomic mass is 10.2. The summed E-state index contributed by atoms with van der Waals surface area (Å²) in [5, 5.41) is 2.64. The Balaban J connectivity index is 2.09. The smallest absolute Gasteiger partial charge is 0.242 e. The molecule has 1 atom stereocenters. The van der Waals surface area contributed by atoms with E-state index < -0.39 is 22.0 Å². The summed E-state index contributed by atoms with van der Waals surface area (Å²) in [5.74, 6) is 0.473. The monoisotopic (exact) mass is 442 g/mol. The van der Waals surface area contributed by atoms with Gasteiger partial charge in [-0.2, -0.15) is 4.72 Å². The molecular weight excluding hydrogens is 424 g/mol. The number of methoxy groups -OCH3 is 2. The number of ether oxygens (including phenoxy) is 2. The zero-order valence-corrected chi connectivity index (χ0v) is 16.8. The minimum atomic E-state index is -3.81. The number of hydrogen-bond acceptors (Lipinski definition) is 5. The highest BCUT2D eigenvalue weighted by molar-refractivity contribution is 9.10. The van der Waals surface area contributed by atoms with E-state index in [1.54, 1.807) is 30.3 Å². The molecule has 2 aromatic rings. The van der Waals surface area contributed by atoms with E-state index in [1.807, 2.05) is 0 Å². The summed E-state index contributed by atoms with van der Waals surface area (Å²) in [5.41, 5.74) is 0.460. The Hall–Kier alpha value is -2.10. The zero-order chi connectivity index (χ0) is 19.3. The van der Waals surface area contributed by atoms with Crippen LogP contribution in [0.5, 0.6) is 11.5 Å². The van der Waals surface area contributed by atoms with Crippen LogP contribution >= 0.6 is 15.9 Å². The maximum absolute atomic E-state index is 12.4. The van der Waals surface area contributed by atoms with Crippen LogP contribution in [0, 0.1) is 0 Å². The van der Waals surface area contributed by atoms with Crippen molar-refractivity contribution in [3.8, 4) is 11.5 Å². The van der Waals surface area contributed by atoms with Crippen molar-refractivity contribution in [3.05, 3.63) is 46.9 Å². The largest absolute Gasteiger partial charge is 0.493 e. The zero-order valence-electron chi connectivity index (χ0n) is 14.4. The third-order valence-corrected chi connectivity index (χ3v) is 5.59. The van der Waals surface area contributed by atoms with E-state index in [2.05, 4.69) is 26.0 Å². The fourth-order valence-corrected chi connectivity index (χ4v) is 3.60. The Morgan fingerprint density at radius 1 is 1.04 bits per heavy atom. The number of halogens is 1. The van der Waals surface area contributed by atoms with Crippen LogP contribution in [0.4, 0.5) is 5.69 Å². The average Bonchev–Trinajstić information content (AvgIpc) is 2.61. The van der Waals surface area contributed by atoms with Crippen LogP contribution in [-0.4, -0.2) is 34.6 Å². The van der Waals surface area contributed by atoms with Gasteiger partial charge in [-0.1, -0.05) is 15.9 Å². The Morgan fingerprint density at radius 2 is 1.65 bits per heavy atom. The number of sulfonamides is 1. The molecule has 0 aliphatic rings. The summed E-state index contributed by atoms with van der Waals surface area (Å²) in [6.07, 6.45) is 0. The fraction of sp³-hybridized carbons (Fsp3) is 0.235. The summed E-state index contributed by atoms with van der Waals surface area (Å²) in [6.45, 7) is 1.46. The molecule has 0 aliphatic carbocycles. The molecule has 0 fully saturated rings. The van der Waals surface area contributed by atoms with E-state index in [9.17, 15) is 13.2 Å². The molecule has 0 radical (unpaired) electrons. The van der Waals surface area contributed by atoms with Crippen molar-refractivity contribution in [2.45, 2.75) is 17.9 Å². The minimum Gasteiger partial charge on any atom is -0.493 e. The topological polar surface area (TPSA) is 93.7 Å². The molecule has 1 unspecified atom stereocenters. The lowest BCUT2D eigenvalue weighted by Gasteiger charge is -2.15. The Bertz CT molecular complexity index is 885. The van der Waals surface area contributed by atoms with Gasteiger partial charge in [0.2, 0.25) is 15.9 Å². The van der Waals surface area contributed by atoms with Crippen molar-refractivity contribution in [2.24, 2.45) is 0 Å². The molecule has 1 amide bonds. The molecule has 2 rings (SSSR count). The van der Waals surface area contributed by atoms with E-state index in [4.69, 9.17) is 9.47 Å². The molecule has 9 heteroatoms. The molecule has 0 saturated heterocycles. The number of hydrogen-bond donors (Lipinski definition) is 2.